The zero-order valence-electron chi connectivity index (χ0n) is 15.7. The van der Waals surface area contributed by atoms with Crippen LogP contribution in [0.2, 0.25) is 0 Å². The van der Waals surface area contributed by atoms with Crippen LogP contribution in [0.15, 0.2) is 72.8 Å². The Morgan fingerprint density at radius 1 is 0.828 bits per heavy atom. The molecule has 4 nitrogen and oxygen atoms in total. The lowest BCUT2D eigenvalue weighted by Crippen LogP contribution is -2.31. The summed E-state index contributed by atoms with van der Waals surface area (Å²) >= 11 is 0. The Bertz CT molecular complexity index is 984. The van der Waals surface area contributed by atoms with Gasteiger partial charge in [0.05, 0.1) is 6.04 Å². The van der Waals surface area contributed by atoms with Crippen molar-refractivity contribution in [1.29, 1.82) is 0 Å². The zero-order chi connectivity index (χ0) is 20.8. The monoisotopic (exact) mass is 395 g/mol. The van der Waals surface area contributed by atoms with Gasteiger partial charge in [0.1, 0.15) is 17.4 Å². The highest BCUT2D eigenvalue weighted by Gasteiger charge is 2.12. The maximum absolute atomic E-state index is 13.0. The molecular formula is C23H19F2NO3. The molecule has 0 unspecified atom stereocenters. The van der Waals surface area contributed by atoms with E-state index in [1.807, 2.05) is 0 Å². The molecule has 1 amide bonds. The molecule has 0 saturated carbocycles. The van der Waals surface area contributed by atoms with Gasteiger partial charge in [-0.2, -0.15) is 0 Å². The Hall–Kier alpha value is -3.54. The molecule has 29 heavy (non-hydrogen) atoms. The number of hydrogen-bond acceptors (Lipinski definition) is 3. The molecular weight excluding hydrogens is 376 g/mol. The summed E-state index contributed by atoms with van der Waals surface area (Å²) in [4.78, 5) is 24.4. The van der Waals surface area contributed by atoms with Crippen LogP contribution in [0.3, 0.4) is 0 Å². The maximum atomic E-state index is 13.0. The molecule has 3 rings (SSSR count). The Morgan fingerprint density at radius 2 is 1.31 bits per heavy atom. The third kappa shape index (κ3) is 5.48. The van der Waals surface area contributed by atoms with Crippen LogP contribution < -0.4 is 10.1 Å². The Kier molecular flexibility index (Phi) is 6.34. The molecule has 1 atom stereocenters. The van der Waals surface area contributed by atoms with Crippen LogP contribution in [0, 0.1) is 11.6 Å². The third-order valence-electron chi connectivity index (χ3n) is 4.34. The van der Waals surface area contributed by atoms with Crippen LogP contribution in [0.5, 0.6) is 5.75 Å². The minimum Gasteiger partial charge on any atom is -0.484 e. The molecule has 148 valence electrons. The molecule has 3 aromatic carbocycles. The molecule has 0 bridgehead atoms. The number of hydrogen-bond donors (Lipinski definition) is 1. The summed E-state index contributed by atoms with van der Waals surface area (Å²) in [7, 11) is 0. The zero-order valence-corrected chi connectivity index (χ0v) is 15.7. The van der Waals surface area contributed by atoms with Gasteiger partial charge in [0, 0.05) is 11.1 Å². The number of carbonyl (C=O) groups excluding carboxylic acids is 2. The molecule has 0 spiro atoms. The predicted octanol–water partition coefficient (Wildman–Crippen LogP) is 4.45. The molecule has 0 aromatic heterocycles. The summed E-state index contributed by atoms with van der Waals surface area (Å²) in [6.07, 6.45) is 0. The first kappa shape index (κ1) is 20.2. The van der Waals surface area contributed by atoms with Crippen molar-refractivity contribution in [1.82, 2.24) is 5.32 Å². The quantitative estimate of drug-likeness (QED) is 0.602. The number of benzene rings is 3. The predicted molar refractivity (Wildman–Crippen MR) is 105 cm³/mol. The van der Waals surface area contributed by atoms with E-state index in [9.17, 15) is 18.4 Å². The van der Waals surface area contributed by atoms with Crippen LogP contribution in [-0.2, 0) is 4.79 Å². The van der Waals surface area contributed by atoms with Crippen molar-refractivity contribution in [3.8, 4) is 5.75 Å². The van der Waals surface area contributed by atoms with E-state index in [0.717, 1.165) is 5.56 Å². The van der Waals surface area contributed by atoms with E-state index in [-0.39, 0.29) is 30.2 Å². The first-order valence-corrected chi connectivity index (χ1v) is 9.00. The summed E-state index contributed by atoms with van der Waals surface area (Å²) in [5.74, 6) is -0.866. The van der Waals surface area contributed by atoms with Crippen molar-refractivity contribution in [2.45, 2.75) is 13.0 Å². The SMILES string of the molecule is C[C@H](NC(=O)COc1ccc(C(=O)c2ccc(F)cc2)cc1)c1ccc(F)cc1. The fraction of sp³-hybridized carbons (Fsp3) is 0.130. The van der Waals surface area contributed by atoms with Crippen LogP contribution in [-0.4, -0.2) is 18.3 Å². The van der Waals surface area contributed by atoms with Gasteiger partial charge in [-0.05, 0) is 73.2 Å². The summed E-state index contributed by atoms with van der Waals surface area (Å²) in [6.45, 7) is 1.60. The normalized spacial score (nSPS) is 11.6. The Morgan fingerprint density at radius 3 is 1.86 bits per heavy atom. The first-order valence-electron chi connectivity index (χ1n) is 9.00. The molecule has 0 saturated heterocycles. The van der Waals surface area contributed by atoms with Crippen LogP contribution in [0.4, 0.5) is 8.78 Å². The van der Waals surface area contributed by atoms with E-state index in [4.69, 9.17) is 4.74 Å². The van der Waals surface area contributed by atoms with Crippen LogP contribution in [0.25, 0.3) is 0 Å². The lowest BCUT2D eigenvalue weighted by Gasteiger charge is -2.15. The minimum atomic E-state index is -0.405. The molecule has 6 heteroatoms. The number of amides is 1. The maximum Gasteiger partial charge on any atom is 0.258 e. The fourth-order valence-electron chi connectivity index (χ4n) is 2.74. The summed E-state index contributed by atoms with van der Waals surface area (Å²) in [5, 5.41) is 2.77. The highest BCUT2D eigenvalue weighted by Crippen LogP contribution is 2.16. The molecule has 0 heterocycles. The molecule has 0 fully saturated rings. The standard InChI is InChI=1S/C23H19F2NO3/c1-15(16-2-8-19(24)9-3-16)26-22(27)14-29-21-12-6-18(7-13-21)23(28)17-4-10-20(25)11-5-17/h2-13,15H,14H2,1H3,(H,26,27)/t15-/m0/s1. The summed E-state index contributed by atoms with van der Waals surface area (Å²) in [6, 6.07) is 17.3. The van der Waals surface area contributed by atoms with Gasteiger partial charge >= 0.3 is 0 Å². The van der Waals surface area contributed by atoms with E-state index >= 15 is 0 Å². The second-order valence-corrected chi connectivity index (χ2v) is 6.49. The molecule has 0 aliphatic rings. The molecule has 0 radical (unpaired) electrons. The van der Waals surface area contributed by atoms with E-state index in [1.54, 1.807) is 43.3 Å². The van der Waals surface area contributed by atoms with Crippen molar-refractivity contribution in [3.05, 3.63) is 101 Å². The largest absolute Gasteiger partial charge is 0.484 e. The highest BCUT2D eigenvalue weighted by atomic mass is 19.1. The Balaban J connectivity index is 1.53. The average Bonchev–Trinajstić information content (AvgIpc) is 2.73. The van der Waals surface area contributed by atoms with Gasteiger partial charge in [0.15, 0.2) is 12.4 Å². The minimum absolute atomic E-state index is 0.198. The number of rotatable bonds is 7. The number of ketones is 1. The lowest BCUT2D eigenvalue weighted by atomic mass is 10.0. The lowest BCUT2D eigenvalue weighted by molar-refractivity contribution is -0.123. The van der Waals surface area contributed by atoms with Crippen molar-refractivity contribution < 1.29 is 23.1 Å². The number of ether oxygens (including phenoxy) is 1. The van der Waals surface area contributed by atoms with Gasteiger partial charge < -0.3 is 10.1 Å². The van der Waals surface area contributed by atoms with E-state index in [1.165, 1.54) is 36.4 Å². The second-order valence-electron chi connectivity index (χ2n) is 6.49. The smallest absolute Gasteiger partial charge is 0.258 e. The number of nitrogens with one attached hydrogen (secondary N) is 1. The first-order chi connectivity index (χ1) is 13.9. The third-order valence-corrected chi connectivity index (χ3v) is 4.34. The fourth-order valence-corrected chi connectivity index (χ4v) is 2.74. The van der Waals surface area contributed by atoms with Gasteiger partial charge in [-0.25, -0.2) is 8.78 Å². The number of halogens is 2. The van der Waals surface area contributed by atoms with Crippen molar-refractivity contribution in [3.63, 3.8) is 0 Å². The van der Waals surface area contributed by atoms with E-state index < -0.39 is 5.82 Å². The average molecular weight is 395 g/mol. The van der Waals surface area contributed by atoms with E-state index in [0.29, 0.717) is 16.9 Å². The topological polar surface area (TPSA) is 55.4 Å². The summed E-state index contributed by atoms with van der Waals surface area (Å²) < 4.78 is 31.4. The van der Waals surface area contributed by atoms with Gasteiger partial charge in [-0.3, -0.25) is 9.59 Å². The van der Waals surface area contributed by atoms with Crippen molar-refractivity contribution >= 4 is 11.7 Å². The van der Waals surface area contributed by atoms with Crippen molar-refractivity contribution in [2.24, 2.45) is 0 Å². The molecule has 3 aromatic rings. The molecule has 0 aliphatic carbocycles. The van der Waals surface area contributed by atoms with E-state index in [2.05, 4.69) is 5.32 Å². The van der Waals surface area contributed by atoms with Gasteiger partial charge in [0.25, 0.3) is 5.91 Å². The molecule has 0 aliphatic heterocycles. The van der Waals surface area contributed by atoms with Crippen molar-refractivity contribution in [2.75, 3.05) is 6.61 Å². The van der Waals surface area contributed by atoms with Gasteiger partial charge in [-0.15, -0.1) is 0 Å². The Labute approximate surface area is 167 Å². The highest BCUT2D eigenvalue weighted by molar-refractivity contribution is 6.09. The van der Waals surface area contributed by atoms with Crippen LogP contribution in [0.1, 0.15) is 34.5 Å². The molecule has 1 N–H and O–H groups in total. The van der Waals surface area contributed by atoms with Gasteiger partial charge in [-0.1, -0.05) is 12.1 Å². The second kappa shape index (κ2) is 9.10. The van der Waals surface area contributed by atoms with Crippen LogP contribution >= 0.6 is 0 Å². The summed E-state index contributed by atoms with van der Waals surface area (Å²) in [5.41, 5.74) is 1.59. The number of carbonyl (C=O) groups is 2. The van der Waals surface area contributed by atoms with Gasteiger partial charge in [0.2, 0.25) is 0 Å².